The fraction of sp³-hybridized carbons (Fsp3) is 0.923. The van der Waals surface area contributed by atoms with Crippen molar-refractivity contribution >= 4 is 5.91 Å². The van der Waals surface area contributed by atoms with Crippen LogP contribution in [0.2, 0.25) is 0 Å². The standard InChI is InChI=1S/C13H23N3O/c1-9(2)12-13(17)16(8-14-12)11-5-6-15(7-11)10-3-4-10/h9-12,14H,3-8H2,1-2H3. The molecule has 1 aliphatic carbocycles. The molecule has 1 N–H and O–H groups in total. The highest BCUT2D eigenvalue weighted by molar-refractivity contribution is 5.84. The smallest absolute Gasteiger partial charge is 0.241 e. The van der Waals surface area contributed by atoms with E-state index in [4.69, 9.17) is 0 Å². The van der Waals surface area contributed by atoms with E-state index in [9.17, 15) is 4.79 Å². The summed E-state index contributed by atoms with van der Waals surface area (Å²) in [5, 5.41) is 3.35. The van der Waals surface area contributed by atoms with Crippen molar-refractivity contribution in [3.63, 3.8) is 0 Å². The van der Waals surface area contributed by atoms with Crippen LogP contribution in [0.1, 0.15) is 33.1 Å². The van der Waals surface area contributed by atoms with Crippen molar-refractivity contribution < 1.29 is 4.79 Å². The minimum Gasteiger partial charge on any atom is -0.324 e. The van der Waals surface area contributed by atoms with Crippen molar-refractivity contribution in [2.24, 2.45) is 5.92 Å². The van der Waals surface area contributed by atoms with E-state index in [-0.39, 0.29) is 6.04 Å². The molecule has 2 saturated heterocycles. The van der Waals surface area contributed by atoms with Crippen molar-refractivity contribution in [1.82, 2.24) is 15.1 Å². The van der Waals surface area contributed by atoms with Crippen LogP contribution in [-0.2, 0) is 4.79 Å². The maximum Gasteiger partial charge on any atom is 0.241 e. The zero-order valence-electron chi connectivity index (χ0n) is 10.9. The van der Waals surface area contributed by atoms with Gasteiger partial charge in [0.2, 0.25) is 5.91 Å². The summed E-state index contributed by atoms with van der Waals surface area (Å²) in [4.78, 5) is 16.9. The van der Waals surface area contributed by atoms with Crippen molar-refractivity contribution in [2.45, 2.75) is 51.2 Å². The number of amides is 1. The first kappa shape index (κ1) is 11.5. The Kier molecular flexibility index (Phi) is 2.87. The Bertz CT molecular complexity index is 314. The Balaban J connectivity index is 1.60. The fourth-order valence-electron chi connectivity index (χ4n) is 3.16. The van der Waals surface area contributed by atoms with E-state index in [1.54, 1.807) is 0 Å². The van der Waals surface area contributed by atoms with Crippen LogP contribution in [0.15, 0.2) is 0 Å². The van der Waals surface area contributed by atoms with Crippen LogP contribution >= 0.6 is 0 Å². The predicted molar refractivity (Wildman–Crippen MR) is 66.5 cm³/mol. The second-order valence-corrected chi connectivity index (χ2v) is 6.06. The third kappa shape index (κ3) is 2.08. The lowest BCUT2D eigenvalue weighted by molar-refractivity contribution is -0.131. The van der Waals surface area contributed by atoms with Gasteiger partial charge in [-0.2, -0.15) is 0 Å². The van der Waals surface area contributed by atoms with Crippen LogP contribution in [0.4, 0.5) is 0 Å². The molecular formula is C13H23N3O. The summed E-state index contributed by atoms with van der Waals surface area (Å²) in [7, 11) is 0. The quantitative estimate of drug-likeness (QED) is 0.782. The second-order valence-electron chi connectivity index (χ2n) is 6.06. The molecule has 17 heavy (non-hydrogen) atoms. The number of nitrogens with zero attached hydrogens (tertiary/aromatic N) is 2. The molecule has 1 saturated carbocycles. The zero-order valence-corrected chi connectivity index (χ0v) is 10.9. The molecule has 4 nitrogen and oxygen atoms in total. The van der Waals surface area contributed by atoms with E-state index >= 15 is 0 Å². The maximum absolute atomic E-state index is 12.3. The molecule has 4 heteroatoms. The molecule has 2 aliphatic heterocycles. The van der Waals surface area contributed by atoms with Crippen LogP contribution < -0.4 is 5.32 Å². The largest absolute Gasteiger partial charge is 0.324 e. The van der Waals surface area contributed by atoms with Crippen molar-refractivity contribution in [3.05, 3.63) is 0 Å². The van der Waals surface area contributed by atoms with Gasteiger partial charge in [-0.15, -0.1) is 0 Å². The highest BCUT2D eigenvalue weighted by Gasteiger charge is 2.42. The molecule has 96 valence electrons. The Morgan fingerprint density at radius 3 is 2.59 bits per heavy atom. The van der Waals surface area contributed by atoms with Crippen LogP contribution in [0.25, 0.3) is 0 Å². The van der Waals surface area contributed by atoms with Gasteiger partial charge in [0.05, 0.1) is 12.7 Å². The Labute approximate surface area is 103 Å². The molecule has 2 atom stereocenters. The number of hydrogen-bond donors (Lipinski definition) is 1. The Morgan fingerprint density at radius 1 is 1.24 bits per heavy atom. The summed E-state index contributed by atoms with van der Waals surface area (Å²) in [6.45, 7) is 7.27. The van der Waals surface area contributed by atoms with Crippen LogP contribution in [0.5, 0.6) is 0 Å². The van der Waals surface area contributed by atoms with Gasteiger partial charge < -0.3 is 4.90 Å². The van der Waals surface area contributed by atoms with Crippen molar-refractivity contribution in [2.75, 3.05) is 19.8 Å². The van der Waals surface area contributed by atoms with Gasteiger partial charge in [-0.25, -0.2) is 0 Å². The normalized spacial score (nSPS) is 35.2. The van der Waals surface area contributed by atoms with E-state index in [1.165, 1.54) is 19.4 Å². The fourth-order valence-corrected chi connectivity index (χ4v) is 3.16. The summed E-state index contributed by atoms with van der Waals surface area (Å²) in [5.74, 6) is 0.719. The van der Waals surface area contributed by atoms with Gasteiger partial charge in [0.15, 0.2) is 0 Å². The summed E-state index contributed by atoms with van der Waals surface area (Å²) in [5.41, 5.74) is 0. The minimum absolute atomic E-state index is 0.0463. The van der Waals surface area contributed by atoms with Gasteiger partial charge in [-0.3, -0.25) is 15.0 Å². The first-order valence-electron chi connectivity index (χ1n) is 6.94. The van der Waals surface area contributed by atoms with Crippen LogP contribution in [-0.4, -0.2) is 53.6 Å². The van der Waals surface area contributed by atoms with Gasteiger partial charge in [-0.1, -0.05) is 13.8 Å². The summed E-state index contributed by atoms with van der Waals surface area (Å²) in [6.07, 6.45) is 3.90. The third-order valence-corrected chi connectivity index (χ3v) is 4.40. The van der Waals surface area contributed by atoms with Gasteiger partial charge >= 0.3 is 0 Å². The number of hydrogen-bond acceptors (Lipinski definition) is 3. The molecular weight excluding hydrogens is 214 g/mol. The second kappa shape index (κ2) is 4.25. The molecule has 0 aromatic carbocycles. The monoisotopic (exact) mass is 237 g/mol. The first-order valence-corrected chi connectivity index (χ1v) is 6.94. The molecule has 0 bridgehead atoms. The summed E-state index contributed by atoms with van der Waals surface area (Å²) in [6, 6.07) is 1.34. The van der Waals surface area contributed by atoms with Crippen molar-refractivity contribution in [3.8, 4) is 0 Å². The SMILES string of the molecule is CC(C)C1NCN(C2CCN(C3CC3)C2)C1=O. The van der Waals surface area contributed by atoms with E-state index < -0.39 is 0 Å². The van der Waals surface area contributed by atoms with Crippen LogP contribution in [0, 0.1) is 5.92 Å². The average Bonchev–Trinajstić information content (AvgIpc) is 2.89. The lowest BCUT2D eigenvalue weighted by atomic mass is 10.0. The lowest BCUT2D eigenvalue weighted by Crippen LogP contribution is -2.41. The third-order valence-electron chi connectivity index (χ3n) is 4.40. The summed E-state index contributed by atoms with van der Waals surface area (Å²) < 4.78 is 0. The van der Waals surface area contributed by atoms with Gasteiger partial charge in [0.1, 0.15) is 0 Å². The molecule has 0 spiro atoms. The molecule has 0 aromatic rings. The Morgan fingerprint density at radius 2 is 2.00 bits per heavy atom. The van der Waals surface area contributed by atoms with E-state index in [2.05, 4.69) is 29.0 Å². The van der Waals surface area contributed by atoms with Crippen molar-refractivity contribution in [1.29, 1.82) is 0 Å². The molecule has 1 amide bonds. The van der Waals surface area contributed by atoms with E-state index in [1.807, 2.05) is 0 Å². The number of likely N-dealkylation sites (tertiary alicyclic amines) is 1. The lowest BCUT2D eigenvalue weighted by Gasteiger charge is -2.24. The van der Waals surface area contributed by atoms with E-state index in [0.717, 1.165) is 25.7 Å². The number of carbonyl (C=O) groups is 1. The molecule has 3 fully saturated rings. The first-order chi connectivity index (χ1) is 8.16. The molecule has 3 rings (SSSR count). The number of rotatable bonds is 3. The van der Waals surface area contributed by atoms with Gasteiger partial charge in [0, 0.05) is 25.2 Å². The molecule has 2 heterocycles. The molecule has 2 unspecified atom stereocenters. The topological polar surface area (TPSA) is 35.6 Å². The summed E-state index contributed by atoms with van der Waals surface area (Å²) >= 11 is 0. The molecule has 3 aliphatic rings. The number of carbonyl (C=O) groups excluding carboxylic acids is 1. The Hall–Kier alpha value is -0.610. The molecule has 0 aromatic heterocycles. The molecule has 0 radical (unpaired) electrons. The predicted octanol–water partition coefficient (Wildman–Crippen LogP) is 0.637. The van der Waals surface area contributed by atoms with Gasteiger partial charge in [0.25, 0.3) is 0 Å². The van der Waals surface area contributed by atoms with E-state index in [0.29, 0.717) is 17.9 Å². The maximum atomic E-state index is 12.3. The average molecular weight is 237 g/mol. The number of nitrogens with one attached hydrogen (secondary N) is 1. The highest BCUT2D eigenvalue weighted by Crippen LogP contribution is 2.31. The zero-order chi connectivity index (χ0) is 12.0. The minimum atomic E-state index is 0.0463. The van der Waals surface area contributed by atoms with Crippen LogP contribution in [0.3, 0.4) is 0 Å². The van der Waals surface area contributed by atoms with Gasteiger partial charge in [-0.05, 0) is 25.2 Å². The highest BCUT2D eigenvalue weighted by atomic mass is 16.2.